The Morgan fingerprint density at radius 3 is 2.77 bits per heavy atom. The van der Waals surface area contributed by atoms with E-state index < -0.39 is 11.4 Å². The van der Waals surface area contributed by atoms with Crippen molar-refractivity contribution in [3.8, 4) is 5.75 Å². The van der Waals surface area contributed by atoms with Gasteiger partial charge >= 0.3 is 11.4 Å². The van der Waals surface area contributed by atoms with Crippen LogP contribution in [-0.2, 0) is 17.8 Å². The average molecular weight is 201 g/mol. The number of aryl methyl sites for hydroxylation is 1. The topological polar surface area (TPSA) is 72.5 Å². The Morgan fingerprint density at radius 2 is 2.31 bits per heavy atom. The zero-order valence-electron chi connectivity index (χ0n) is 7.19. The molecule has 0 saturated carbocycles. The molecule has 0 aliphatic heterocycles. The highest BCUT2D eigenvalue weighted by atomic mass is 32.2. The van der Waals surface area contributed by atoms with Crippen molar-refractivity contribution in [2.45, 2.75) is 13.3 Å². The number of nitrogen functional groups attached to an aromatic ring is 1. The average Bonchev–Trinajstić information content (AvgIpc) is 2.08. The second-order valence-electron chi connectivity index (χ2n) is 2.53. The third-order valence-corrected chi connectivity index (χ3v) is 1.97. The van der Waals surface area contributed by atoms with Gasteiger partial charge in [-0.2, -0.15) is 4.21 Å². The minimum absolute atomic E-state index is 0.234. The molecule has 72 valence electrons. The first kappa shape index (κ1) is 10.0. The molecule has 1 aromatic carbocycles. The van der Waals surface area contributed by atoms with Crippen molar-refractivity contribution >= 4 is 17.0 Å². The van der Waals surface area contributed by atoms with Crippen LogP contribution < -0.4 is 9.92 Å². The molecule has 1 atom stereocenters. The van der Waals surface area contributed by atoms with Gasteiger partial charge in [-0.05, 0) is 24.1 Å². The minimum atomic E-state index is -2.32. The highest BCUT2D eigenvalue weighted by Crippen LogP contribution is 2.23. The van der Waals surface area contributed by atoms with E-state index in [1.807, 2.05) is 6.92 Å². The van der Waals surface area contributed by atoms with E-state index in [4.69, 9.17) is 10.3 Å². The smallest absolute Gasteiger partial charge is 0.357 e. The standard InChI is InChI=1S/C8H11NO3S/c1-2-6-3-4-8(7(9)5-6)12-13(10)11/h3-5H,2,9H2,1H3,(H,10,11). The molecule has 0 aliphatic rings. The summed E-state index contributed by atoms with van der Waals surface area (Å²) in [7, 11) is 0. The fraction of sp³-hybridized carbons (Fsp3) is 0.250. The summed E-state index contributed by atoms with van der Waals surface area (Å²) in [5.74, 6) is 0.234. The lowest BCUT2D eigenvalue weighted by molar-refractivity contribution is 0.459. The summed E-state index contributed by atoms with van der Waals surface area (Å²) in [5, 5.41) is 0. The quantitative estimate of drug-likeness (QED) is 0.572. The first-order chi connectivity index (χ1) is 6.13. The lowest BCUT2D eigenvalue weighted by Crippen LogP contribution is -2.01. The highest BCUT2D eigenvalue weighted by molar-refractivity contribution is 7.74. The molecule has 0 spiro atoms. The van der Waals surface area contributed by atoms with Gasteiger partial charge in [-0.25, -0.2) is 0 Å². The molecule has 0 aliphatic carbocycles. The van der Waals surface area contributed by atoms with Crippen molar-refractivity contribution in [2.75, 3.05) is 5.73 Å². The zero-order chi connectivity index (χ0) is 9.84. The molecule has 1 unspecified atom stereocenters. The number of anilines is 1. The largest absolute Gasteiger partial charge is 0.396 e. The summed E-state index contributed by atoms with van der Waals surface area (Å²) in [5.41, 5.74) is 7.01. The predicted octanol–water partition coefficient (Wildman–Crippen LogP) is 1.35. The van der Waals surface area contributed by atoms with E-state index in [0.717, 1.165) is 12.0 Å². The molecule has 0 aromatic heterocycles. The third-order valence-electron chi connectivity index (χ3n) is 1.64. The molecular weight excluding hydrogens is 190 g/mol. The molecule has 1 rings (SSSR count). The molecular formula is C8H11NO3S. The predicted molar refractivity (Wildman–Crippen MR) is 51.6 cm³/mol. The summed E-state index contributed by atoms with van der Waals surface area (Å²) < 4.78 is 23.3. The van der Waals surface area contributed by atoms with Crippen molar-refractivity contribution in [1.82, 2.24) is 0 Å². The van der Waals surface area contributed by atoms with Gasteiger partial charge in [-0.3, -0.25) is 4.55 Å². The fourth-order valence-electron chi connectivity index (χ4n) is 0.971. The van der Waals surface area contributed by atoms with Crippen LogP contribution in [0.4, 0.5) is 5.69 Å². The normalized spacial score (nSPS) is 12.5. The van der Waals surface area contributed by atoms with E-state index in [2.05, 4.69) is 4.18 Å². The SMILES string of the molecule is CCc1ccc(OS(=O)O)c(N)c1. The molecule has 3 N–H and O–H groups in total. The molecule has 0 saturated heterocycles. The third kappa shape index (κ3) is 2.71. The first-order valence-electron chi connectivity index (χ1n) is 3.81. The first-order valence-corrected chi connectivity index (χ1v) is 4.84. The van der Waals surface area contributed by atoms with Gasteiger partial charge < -0.3 is 9.92 Å². The highest BCUT2D eigenvalue weighted by Gasteiger charge is 2.03. The number of hydrogen-bond donors (Lipinski definition) is 2. The number of nitrogens with two attached hydrogens (primary N) is 1. The second-order valence-corrected chi connectivity index (χ2v) is 3.13. The molecule has 5 heteroatoms. The fourth-order valence-corrected chi connectivity index (χ4v) is 1.28. The monoisotopic (exact) mass is 201 g/mol. The molecule has 1 aromatic rings. The van der Waals surface area contributed by atoms with Crippen LogP contribution in [0.3, 0.4) is 0 Å². The van der Waals surface area contributed by atoms with Gasteiger partial charge in [-0.15, -0.1) is 0 Å². The van der Waals surface area contributed by atoms with E-state index in [9.17, 15) is 4.21 Å². The maximum absolute atomic E-state index is 10.3. The number of benzene rings is 1. The second kappa shape index (κ2) is 4.25. The van der Waals surface area contributed by atoms with E-state index >= 15 is 0 Å². The van der Waals surface area contributed by atoms with Gasteiger partial charge in [0, 0.05) is 0 Å². The maximum Gasteiger partial charge on any atom is 0.357 e. The Morgan fingerprint density at radius 1 is 1.62 bits per heavy atom. The van der Waals surface area contributed by atoms with Crippen molar-refractivity contribution in [3.05, 3.63) is 23.8 Å². The van der Waals surface area contributed by atoms with Crippen molar-refractivity contribution in [3.63, 3.8) is 0 Å². The molecule has 4 nitrogen and oxygen atoms in total. The van der Waals surface area contributed by atoms with Crippen LogP contribution in [0.5, 0.6) is 5.75 Å². The molecule has 0 radical (unpaired) electrons. The number of hydrogen-bond acceptors (Lipinski definition) is 3. The molecule has 13 heavy (non-hydrogen) atoms. The molecule has 0 amide bonds. The van der Waals surface area contributed by atoms with Crippen LogP contribution in [0.15, 0.2) is 18.2 Å². The molecule has 0 heterocycles. The Bertz CT molecular complexity index is 327. The lowest BCUT2D eigenvalue weighted by atomic mass is 10.1. The Kier molecular flexibility index (Phi) is 3.27. The summed E-state index contributed by atoms with van der Waals surface area (Å²) >= 11 is -2.32. The van der Waals surface area contributed by atoms with Gasteiger partial charge in [0.05, 0.1) is 5.69 Å². The van der Waals surface area contributed by atoms with Crippen LogP contribution >= 0.6 is 0 Å². The maximum atomic E-state index is 10.3. The van der Waals surface area contributed by atoms with E-state index in [0.29, 0.717) is 5.69 Å². The van der Waals surface area contributed by atoms with Gasteiger partial charge in [0.1, 0.15) is 0 Å². The minimum Gasteiger partial charge on any atom is -0.396 e. The van der Waals surface area contributed by atoms with Gasteiger partial charge in [0.25, 0.3) is 0 Å². The summed E-state index contributed by atoms with van der Waals surface area (Å²) in [6.45, 7) is 2.00. The number of rotatable bonds is 3. The van der Waals surface area contributed by atoms with Crippen LogP contribution in [0.1, 0.15) is 12.5 Å². The Labute approximate surface area is 79.2 Å². The van der Waals surface area contributed by atoms with Crippen molar-refractivity contribution in [1.29, 1.82) is 0 Å². The van der Waals surface area contributed by atoms with Gasteiger partial charge in [0.2, 0.25) is 0 Å². The van der Waals surface area contributed by atoms with Gasteiger partial charge in [0.15, 0.2) is 5.75 Å². The van der Waals surface area contributed by atoms with Crippen LogP contribution in [0, 0.1) is 0 Å². The summed E-state index contributed by atoms with van der Waals surface area (Å²) in [4.78, 5) is 0. The van der Waals surface area contributed by atoms with Crippen molar-refractivity contribution in [2.24, 2.45) is 0 Å². The Hall–Kier alpha value is -1.07. The zero-order valence-corrected chi connectivity index (χ0v) is 8.00. The van der Waals surface area contributed by atoms with Crippen LogP contribution in [0.2, 0.25) is 0 Å². The van der Waals surface area contributed by atoms with Crippen LogP contribution in [0.25, 0.3) is 0 Å². The van der Waals surface area contributed by atoms with Crippen LogP contribution in [-0.4, -0.2) is 8.76 Å². The van der Waals surface area contributed by atoms with E-state index in [1.54, 1.807) is 18.2 Å². The molecule has 0 fully saturated rings. The van der Waals surface area contributed by atoms with Gasteiger partial charge in [-0.1, -0.05) is 13.0 Å². The summed E-state index contributed by atoms with van der Waals surface area (Å²) in [6, 6.07) is 5.11. The summed E-state index contributed by atoms with van der Waals surface area (Å²) in [6.07, 6.45) is 0.868. The Balaban J connectivity index is 2.91. The lowest BCUT2D eigenvalue weighted by Gasteiger charge is -2.05. The van der Waals surface area contributed by atoms with E-state index in [-0.39, 0.29) is 5.75 Å². The van der Waals surface area contributed by atoms with E-state index in [1.165, 1.54) is 0 Å². The molecule has 0 bridgehead atoms. The van der Waals surface area contributed by atoms with Crippen molar-refractivity contribution < 1.29 is 12.9 Å².